The van der Waals surface area contributed by atoms with Gasteiger partial charge in [-0.15, -0.1) is 24.8 Å². The summed E-state index contributed by atoms with van der Waals surface area (Å²) >= 11 is 2.26. The van der Waals surface area contributed by atoms with Gasteiger partial charge in [-0.3, -0.25) is 0 Å². The first-order valence-electron chi connectivity index (χ1n) is 2.98. The van der Waals surface area contributed by atoms with Crippen molar-refractivity contribution in [3.05, 3.63) is 23.8 Å². The fourth-order valence-corrected chi connectivity index (χ4v) is 1.48. The van der Waals surface area contributed by atoms with E-state index in [0.717, 1.165) is 4.35 Å². The van der Waals surface area contributed by atoms with Crippen LogP contribution in [0.1, 0.15) is 5.56 Å². The molecule has 1 rings (SSSR count). The number of phenolic OH excluding ortho intramolecular Hbond substituents is 1. The van der Waals surface area contributed by atoms with Gasteiger partial charge in [-0.1, -0.05) is 0 Å². The van der Waals surface area contributed by atoms with Gasteiger partial charge >= 0.3 is 72.8 Å². The quantitative estimate of drug-likeness (QED) is 0.394. The predicted octanol–water partition coefficient (Wildman–Crippen LogP) is 0.314. The van der Waals surface area contributed by atoms with Crippen LogP contribution in [0.15, 0.2) is 18.2 Å². The second kappa shape index (κ2) is 6.14. The summed E-state index contributed by atoms with van der Waals surface area (Å²) in [6, 6.07) is 4.99. The summed E-state index contributed by atoms with van der Waals surface area (Å²) in [5, 5.41) is 16.4. The number of amidine groups is 1. The predicted molar refractivity (Wildman–Crippen MR) is 59.0 cm³/mol. The molecule has 0 bridgehead atoms. The Labute approximate surface area is 97.5 Å². The molecule has 4 N–H and O–H groups in total. The Balaban J connectivity index is 0. The van der Waals surface area contributed by atoms with E-state index in [1.165, 1.54) is 6.07 Å². The van der Waals surface area contributed by atoms with Gasteiger partial charge in [0.15, 0.2) is 0 Å². The minimum atomic E-state index is -0.112. The zero-order valence-corrected chi connectivity index (χ0v) is 10.0. The van der Waals surface area contributed by atoms with Gasteiger partial charge in [0.1, 0.15) is 0 Å². The summed E-state index contributed by atoms with van der Waals surface area (Å²) in [5.41, 5.74) is 5.62. The van der Waals surface area contributed by atoms with Crippen LogP contribution in [0.2, 0.25) is 0 Å². The zero-order valence-electron chi connectivity index (χ0n) is 6.52. The number of halogens is 2. The van der Waals surface area contributed by atoms with E-state index < -0.39 is 0 Å². The van der Waals surface area contributed by atoms with Crippen LogP contribution in [-0.4, -0.2) is 27.8 Å². The third-order valence-corrected chi connectivity index (χ3v) is 2.07. The van der Waals surface area contributed by atoms with Gasteiger partial charge in [0.05, 0.1) is 0 Å². The summed E-state index contributed by atoms with van der Waals surface area (Å²) < 4.78 is 0.755. The number of nitrogens with one attached hydrogen (secondary N) is 1. The fourth-order valence-electron chi connectivity index (χ4n) is 0.804. The van der Waals surface area contributed by atoms with Gasteiger partial charge in [-0.2, -0.15) is 0 Å². The second-order valence-electron chi connectivity index (χ2n) is 2.08. The van der Waals surface area contributed by atoms with Crippen molar-refractivity contribution in [3.63, 3.8) is 0 Å². The third kappa shape index (κ3) is 3.47. The number of aromatic hydroxyl groups is 1. The van der Waals surface area contributed by atoms with E-state index in [2.05, 4.69) is 16.9 Å². The van der Waals surface area contributed by atoms with Crippen LogP contribution in [0.5, 0.6) is 5.75 Å². The first-order valence-corrected chi connectivity index (χ1v) is 3.92. The molecule has 0 unspecified atom stereocenters. The molecule has 0 spiro atoms. The molecule has 3 nitrogen and oxygen atoms in total. The van der Waals surface area contributed by atoms with Crippen LogP contribution >= 0.6 is 24.8 Å². The normalized spacial score (nSPS) is 8.08. The summed E-state index contributed by atoms with van der Waals surface area (Å²) in [6.45, 7) is 0. The van der Waals surface area contributed by atoms with E-state index in [1.807, 2.05) is 0 Å². The molecule has 0 aliphatic carbocycles. The fraction of sp³-hybridized carbons (Fsp3) is 0. The number of hydrogen-bond acceptors (Lipinski definition) is 2. The Morgan fingerprint density at radius 2 is 1.92 bits per heavy atom. The molecule has 0 aliphatic rings. The van der Waals surface area contributed by atoms with Gasteiger partial charge in [0, 0.05) is 0 Å². The maximum atomic E-state index is 9.23. The molecular formula is C7H9AsCl2N2O. The molecule has 0 amide bonds. The molecule has 0 heterocycles. The molecule has 1 aromatic rings. The SMILES string of the molecule is Cl.Cl.N=C(N)c1c(O)cccc1[As]. The van der Waals surface area contributed by atoms with Crippen molar-refractivity contribution in [2.45, 2.75) is 0 Å². The molecule has 0 atom stereocenters. The molecule has 0 fully saturated rings. The molecule has 0 aliphatic heterocycles. The standard InChI is InChI=1S/C7H7AsN2O.2ClH/c8-4-2-1-3-5(11)6(4)7(9)10;;/h1-3,11H,(H3,9,10);2*1H. The number of nitrogens with two attached hydrogens (primary N) is 1. The van der Waals surface area contributed by atoms with Crippen molar-refractivity contribution in [1.29, 1.82) is 5.41 Å². The molecule has 0 saturated heterocycles. The molecular weight excluding hydrogens is 274 g/mol. The molecule has 2 radical (unpaired) electrons. The summed E-state index contributed by atoms with van der Waals surface area (Å²) in [4.78, 5) is 0. The number of nitrogen functional groups attached to an aromatic ring is 1. The van der Waals surface area contributed by atoms with Crippen LogP contribution in [0.25, 0.3) is 0 Å². The summed E-state index contributed by atoms with van der Waals surface area (Å²) in [5.74, 6) is -0.0608. The Hall–Kier alpha value is -0.372. The van der Waals surface area contributed by atoms with Crippen LogP contribution < -0.4 is 10.1 Å². The Bertz CT molecular complexity index is 286. The average Bonchev–Trinajstić information content (AvgIpc) is 1.85. The van der Waals surface area contributed by atoms with Crippen molar-refractivity contribution in [2.75, 3.05) is 0 Å². The van der Waals surface area contributed by atoms with Crippen molar-refractivity contribution in [2.24, 2.45) is 5.73 Å². The number of benzene rings is 1. The van der Waals surface area contributed by atoms with Crippen LogP contribution in [0.3, 0.4) is 0 Å². The molecule has 1 aromatic carbocycles. The van der Waals surface area contributed by atoms with E-state index in [1.54, 1.807) is 12.1 Å². The second-order valence-corrected chi connectivity index (χ2v) is 3.10. The molecule has 0 saturated carbocycles. The van der Waals surface area contributed by atoms with Gasteiger partial charge in [0.2, 0.25) is 0 Å². The van der Waals surface area contributed by atoms with Crippen molar-refractivity contribution in [1.82, 2.24) is 0 Å². The van der Waals surface area contributed by atoms with Crippen molar-refractivity contribution >= 4 is 51.9 Å². The summed E-state index contributed by atoms with van der Waals surface area (Å²) in [6.07, 6.45) is 0. The van der Waals surface area contributed by atoms with E-state index >= 15 is 0 Å². The first-order chi connectivity index (χ1) is 5.13. The monoisotopic (exact) mass is 282 g/mol. The van der Waals surface area contributed by atoms with E-state index in [-0.39, 0.29) is 36.4 Å². The summed E-state index contributed by atoms with van der Waals surface area (Å²) in [7, 11) is 0. The average molecular weight is 283 g/mol. The molecule has 6 heteroatoms. The first kappa shape index (κ1) is 15.1. The topological polar surface area (TPSA) is 70.1 Å². The Morgan fingerprint density at radius 3 is 2.23 bits per heavy atom. The molecule has 72 valence electrons. The van der Waals surface area contributed by atoms with Crippen LogP contribution in [-0.2, 0) is 0 Å². The van der Waals surface area contributed by atoms with E-state index in [4.69, 9.17) is 11.1 Å². The Morgan fingerprint density at radius 1 is 1.38 bits per heavy atom. The number of phenols is 1. The zero-order chi connectivity index (χ0) is 8.43. The minimum absolute atomic E-state index is 0. The van der Waals surface area contributed by atoms with Gasteiger partial charge in [0.25, 0.3) is 0 Å². The van der Waals surface area contributed by atoms with Crippen LogP contribution in [0, 0.1) is 5.41 Å². The van der Waals surface area contributed by atoms with Gasteiger partial charge in [-0.05, 0) is 0 Å². The number of hydrogen-bond donors (Lipinski definition) is 3. The van der Waals surface area contributed by atoms with Crippen molar-refractivity contribution in [3.8, 4) is 5.75 Å². The van der Waals surface area contributed by atoms with Crippen LogP contribution in [0.4, 0.5) is 0 Å². The van der Waals surface area contributed by atoms with Gasteiger partial charge in [-0.25, -0.2) is 0 Å². The van der Waals surface area contributed by atoms with E-state index in [0.29, 0.717) is 5.56 Å². The molecule has 0 aromatic heterocycles. The molecule has 13 heavy (non-hydrogen) atoms. The van der Waals surface area contributed by atoms with Crippen molar-refractivity contribution < 1.29 is 5.11 Å². The van der Waals surface area contributed by atoms with Gasteiger partial charge < -0.3 is 0 Å². The Kier molecular flexibility index (Phi) is 7.14. The van der Waals surface area contributed by atoms with E-state index in [9.17, 15) is 5.11 Å². The third-order valence-electron chi connectivity index (χ3n) is 1.29. The number of rotatable bonds is 1. The maximum absolute atomic E-state index is 9.23.